The summed E-state index contributed by atoms with van der Waals surface area (Å²) in [5.74, 6) is 3.85. The molecule has 0 aromatic rings. The van der Waals surface area contributed by atoms with Crippen LogP contribution < -0.4 is 0 Å². The Morgan fingerprint density at radius 3 is 2.76 bits per heavy atom. The van der Waals surface area contributed by atoms with Crippen LogP contribution in [0.15, 0.2) is 0 Å². The van der Waals surface area contributed by atoms with Crippen molar-refractivity contribution >= 4 is 5.78 Å². The van der Waals surface area contributed by atoms with Crippen LogP contribution in [-0.2, 0) is 9.53 Å². The van der Waals surface area contributed by atoms with E-state index in [-0.39, 0.29) is 5.41 Å². The second-order valence-electron chi connectivity index (χ2n) is 9.23. The van der Waals surface area contributed by atoms with Crippen LogP contribution in [0.4, 0.5) is 0 Å². The number of carbonyl (C=O) groups is 1. The van der Waals surface area contributed by atoms with E-state index in [4.69, 9.17) is 4.74 Å². The lowest BCUT2D eigenvalue weighted by molar-refractivity contribution is -0.137. The Bertz CT molecular complexity index is 500. The van der Waals surface area contributed by atoms with E-state index in [1.165, 1.54) is 38.5 Å². The van der Waals surface area contributed by atoms with Gasteiger partial charge in [-0.05, 0) is 74.0 Å². The van der Waals surface area contributed by atoms with E-state index in [1.54, 1.807) is 0 Å². The summed E-state index contributed by atoms with van der Waals surface area (Å²) in [5.41, 5.74) is 0.547. The molecule has 4 saturated carbocycles. The molecular formula is C19H28O2. The summed E-state index contributed by atoms with van der Waals surface area (Å²) in [5, 5.41) is 0. The first-order valence-electron chi connectivity index (χ1n) is 9.21. The minimum Gasteiger partial charge on any atom is -0.370 e. The number of fused-ring (bicyclic) bond motifs is 6. The molecule has 8 atom stereocenters. The molecular weight excluding hydrogens is 260 g/mol. The summed E-state index contributed by atoms with van der Waals surface area (Å²) in [6.07, 6.45) is 11.1. The van der Waals surface area contributed by atoms with Gasteiger partial charge in [0.1, 0.15) is 5.78 Å². The second-order valence-corrected chi connectivity index (χ2v) is 9.23. The molecule has 2 nitrogen and oxygen atoms in total. The van der Waals surface area contributed by atoms with Gasteiger partial charge in [-0.2, -0.15) is 0 Å². The van der Waals surface area contributed by atoms with Crippen molar-refractivity contribution < 1.29 is 9.53 Å². The van der Waals surface area contributed by atoms with Crippen LogP contribution in [0, 0.1) is 34.5 Å². The van der Waals surface area contributed by atoms with Gasteiger partial charge in [-0.3, -0.25) is 4.79 Å². The molecule has 0 amide bonds. The molecule has 0 aromatic heterocycles. The highest BCUT2D eigenvalue weighted by Crippen LogP contribution is 2.67. The molecule has 1 unspecified atom stereocenters. The van der Waals surface area contributed by atoms with E-state index in [0.717, 1.165) is 30.6 Å². The molecule has 0 spiro atoms. The zero-order valence-electron chi connectivity index (χ0n) is 13.4. The molecule has 4 aliphatic carbocycles. The molecule has 0 radical (unpaired) electrons. The number of hydrogen-bond acceptors (Lipinski definition) is 2. The van der Waals surface area contributed by atoms with Crippen molar-refractivity contribution in [2.75, 3.05) is 0 Å². The molecule has 5 rings (SSSR count). The maximum Gasteiger partial charge on any atom is 0.139 e. The third kappa shape index (κ3) is 1.56. The highest BCUT2D eigenvalue weighted by Gasteiger charge is 2.63. The number of Topliss-reactive ketones (excluding diaryl/α,β-unsaturated/α-hetero) is 1. The fraction of sp³-hybridized carbons (Fsp3) is 0.947. The highest BCUT2D eigenvalue weighted by atomic mass is 16.6. The molecule has 21 heavy (non-hydrogen) atoms. The molecule has 1 aliphatic heterocycles. The smallest absolute Gasteiger partial charge is 0.139 e. The normalized spacial score (nSPS) is 61.5. The van der Waals surface area contributed by atoms with Crippen molar-refractivity contribution in [2.24, 2.45) is 34.5 Å². The van der Waals surface area contributed by atoms with Crippen LogP contribution in [0.1, 0.15) is 65.2 Å². The van der Waals surface area contributed by atoms with Crippen LogP contribution >= 0.6 is 0 Å². The first kappa shape index (κ1) is 13.1. The fourth-order valence-corrected chi connectivity index (χ4v) is 7.29. The van der Waals surface area contributed by atoms with Crippen molar-refractivity contribution in [1.82, 2.24) is 0 Å². The van der Waals surface area contributed by atoms with Crippen LogP contribution in [0.25, 0.3) is 0 Å². The Kier molecular flexibility index (Phi) is 2.45. The molecule has 5 aliphatic rings. The van der Waals surface area contributed by atoms with Gasteiger partial charge in [0.2, 0.25) is 0 Å². The molecule has 1 saturated heterocycles. The standard InChI is InChI=1S/C19H28O2/c1-18-8-7-14-12(13(18)5-6-17(18)20)4-3-11-9-15-16(21-15)10-19(11,14)2/h11-16H,3-10H2,1-2H3/t11-,12-,13-,14?,15-,16+,18-,19-/m0/s1. The average Bonchev–Trinajstić information content (AvgIpc) is 3.12. The van der Waals surface area contributed by atoms with Crippen molar-refractivity contribution in [1.29, 1.82) is 0 Å². The van der Waals surface area contributed by atoms with Crippen LogP contribution in [0.5, 0.6) is 0 Å². The maximum atomic E-state index is 12.4. The van der Waals surface area contributed by atoms with E-state index in [0.29, 0.717) is 29.3 Å². The Morgan fingerprint density at radius 2 is 1.90 bits per heavy atom. The summed E-state index contributed by atoms with van der Waals surface area (Å²) in [4.78, 5) is 12.4. The van der Waals surface area contributed by atoms with Gasteiger partial charge < -0.3 is 4.74 Å². The maximum absolute atomic E-state index is 12.4. The zero-order valence-corrected chi connectivity index (χ0v) is 13.4. The number of carbonyl (C=O) groups excluding carboxylic acids is 1. The lowest BCUT2D eigenvalue weighted by atomic mass is 9.45. The van der Waals surface area contributed by atoms with Crippen LogP contribution in [0.3, 0.4) is 0 Å². The number of rotatable bonds is 0. The topological polar surface area (TPSA) is 29.6 Å². The second kappa shape index (κ2) is 3.93. The number of hydrogen-bond donors (Lipinski definition) is 0. The Balaban J connectivity index is 1.49. The fourth-order valence-electron chi connectivity index (χ4n) is 7.29. The van der Waals surface area contributed by atoms with Gasteiger partial charge in [-0.15, -0.1) is 0 Å². The Labute approximate surface area is 128 Å². The van der Waals surface area contributed by atoms with E-state index < -0.39 is 0 Å². The van der Waals surface area contributed by atoms with Gasteiger partial charge in [-0.1, -0.05) is 13.8 Å². The van der Waals surface area contributed by atoms with Gasteiger partial charge >= 0.3 is 0 Å². The first-order valence-corrected chi connectivity index (χ1v) is 9.21. The predicted molar refractivity (Wildman–Crippen MR) is 80.8 cm³/mol. The van der Waals surface area contributed by atoms with E-state index in [1.807, 2.05) is 0 Å². The summed E-state index contributed by atoms with van der Waals surface area (Å²) in [6, 6.07) is 0. The molecule has 5 fully saturated rings. The van der Waals surface area contributed by atoms with Crippen molar-refractivity contribution in [3.05, 3.63) is 0 Å². The SMILES string of the molecule is C[C@]12CCC3[C@@H](CC[C@H]4C[C@@H]5O[C@@H]5C[C@]34C)[C@@H]1CCC2=O. The molecule has 2 heteroatoms. The van der Waals surface area contributed by atoms with Gasteiger partial charge in [0.25, 0.3) is 0 Å². The summed E-state index contributed by atoms with van der Waals surface area (Å²) in [6.45, 7) is 4.87. The monoisotopic (exact) mass is 288 g/mol. The van der Waals surface area contributed by atoms with E-state index in [2.05, 4.69) is 13.8 Å². The van der Waals surface area contributed by atoms with Crippen molar-refractivity contribution in [3.63, 3.8) is 0 Å². The molecule has 0 aromatic carbocycles. The number of ether oxygens (including phenoxy) is 1. The molecule has 0 N–H and O–H groups in total. The summed E-state index contributed by atoms with van der Waals surface area (Å²) < 4.78 is 5.88. The Morgan fingerprint density at radius 1 is 1.05 bits per heavy atom. The van der Waals surface area contributed by atoms with Crippen LogP contribution in [-0.4, -0.2) is 18.0 Å². The minimum atomic E-state index is 0.0393. The van der Waals surface area contributed by atoms with Gasteiger partial charge in [0.15, 0.2) is 0 Å². The molecule has 116 valence electrons. The lowest BCUT2D eigenvalue weighted by Gasteiger charge is -2.59. The van der Waals surface area contributed by atoms with Gasteiger partial charge in [-0.25, -0.2) is 0 Å². The number of ketones is 1. The van der Waals surface area contributed by atoms with E-state index >= 15 is 0 Å². The predicted octanol–water partition coefficient (Wildman–Crippen LogP) is 3.98. The highest BCUT2D eigenvalue weighted by molar-refractivity contribution is 5.87. The average molecular weight is 288 g/mol. The zero-order chi connectivity index (χ0) is 14.4. The quantitative estimate of drug-likeness (QED) is 0.631. The van der Waals surface area contributed by atoms with Gasteiger partial charge in [0, 0.05) is 11.8 Å². The largest absolute Gasteiger partial charge is 0.370 e. The lowest BCUT2D eigenvalue weighted by Crippen LogP contribution is -2.53. The Hall–Kier alpha value is -0.370. The van der Waals surface area contributed by atoms with Crippen molar-refractivity contribution in [3.8, 4) is 0 Å². The summed E-state index contributed by atoms with van der Waals surface area (Å²) in [7, 11) is 0. The van der Waals surface area contributed by atoms with E-state index in [9.17, 15) is 4.79 Å². The molecule has 0 bridgehead atoms. The molecule has 1 heterocycles. The van der Waals surface area contributed by atoms with Gasteiger partial charge in [0.05, 0.1) is 12.2 Å². The third-order valence-corrected chi connectivity index (χ3v) is 8.62. The third-order valence-electron chi connectivity index (χ3n) is 8.62. The van der Waals surface area contributed by atoms with Crippen molar-refractivity contribution in [2.45, 2.75) is 77.4 Å². The minimum absolute atomic E-state index is 0.0393. The number of epoxide rings is 1. The first-order chi connectivity index (χ1) is 10.0. The van der Waals surface area contributed by atoms with Crippen LogP contribution in [0.2, 0.25) is 0 Å². The summed E-state index contributed by atoms with van der Waals surface area (Å²) >= 11 is 0.